The molecule has 21 heavy (non-hydrogen) atoms. The topological polar surface area (TPSA) is 56.8 Å². The van der Waals surface area contributed by atoms with Crippen LogP contribution in [0, 0.1) is 5.92 Å². The van der Waals surface area contributed by atoms with Gasteiger partial charge in [-0.05, 0) is 33.0 Å². The van der Waals surface area contributed by atoms with Gasteiger partial charge in [0.1, 0.15) is 0 Å². The average molecular weight is 296 g/mol. The van der Waals surface area contributed by atoms with Crippen LogP contribution in [0.3, 0.4) is 0 Å². The summed E-state index contributed by atoms with van der Waals surface area (Å²) in [7, 11) is 2.17. The van der Waals surface area contributed by atoms with E-state index in [1.54, 1.807) is 0 Å². The highest BCUT2D eigenvalue weighted by Gasteiger charge is 2.36. The van der Waals surface area contributed by atoms with E-state index in [1.807, 2.05) is 0 Å². The van der Waals surface area contributed by atoms with E-state index in [2.05, 4.69) is 27.5 Å². The Hall–Kier alpha value is -0.690. The Bertz CT molecular complexity index is 352. The van der Waals surface area contributed by atoms with E-state index in [9.17, 15) is 4.79 Å². The van der Waals surface area contributed by atoms with Gasteiger partial charge < -0.3 is 20.3 Å². The molecule has 3 heterocycles. The molecule has 1 amide bonds. The maximum Gasteiger partial charge on any atom is 0.223 e. The number of hydrogen-bond acceptors (Lipinski definition) is 5. The van der Waals surface area contributed by atoms with Gasteiger partial charge in [-0.2, -0.15) is 0 Å². The third-order valence-electron chi connectivity index (χ3n) is 5.09. The van der Waals surface area contributed by atoms with E-state index < -0.39 is 0 Å². The molecule has 0 aliphatic carbocycles. The zero-order chi connectivity index (χ0) is 14.7. The first-order valence-corrected chi connectivity index (χ1v) is 8.25. The first-order valence-electron chi connectivity index (χ1n) is 8.25. The lowest BCUT2D eigenvalue weighted by molar-refractivity contribution is -0.126. The number of piperidine rings is 1. The van der Waals surface area contributed by atoms with Crippen molar-refractivity contribution in [2.45, 2.75) is 24.9 Å². The molecule has 3 rings (SSSR count). The highest BCUT2D eigenvalue weighted by Crippen LogP contribution is 2.18. The van der Waals surface area contributed by atoms with Crippen molar-refractivity contribution in [1.29, 1.82) is 0 Å². The molecule has 6 nitrogen and oxygen atoms in total. The molecule has 3 saturated heterocycles. The van der Waals surface area contributed by atoms with Crippen molar-refractivity contribution in [2.24, 2.45) is 5.92 Å². The largest absolute Gasteiger partial charge is 0.378 e. The van der Waals surface area contributed by atoms with Gasteiger partial charge in [0.2, 0.25) is 5.91 Å². The summed E-state index contributed by atoms with van der Waals surface area (Å²) in [4.78, 5) is 17.3. The van der Waals surface area contributed by atoms with Gasteiger partial charge >= 0.3 is 0 Å². The van der Waals surface area contributed by atoms with E-state index in [1.165, 1.54) is 0 Å². The Morgan fingerprint density at radius 1 is 1.14 bits per heavy atom. The van der Waals surface area contributed by atoms with Crippen LogP contribution in [-0.4, -0.2) is 87.3 Å². The third kappa shape index (κ3) is 3.74. The van der Waals surface area contributed by atoms with Gasteiger partial charge in [0, 0.05) is 32.1 Å². The van der Waals surface area contributed by atoms with Crippen molar-refractivity contribution in [1.82, 2.24) is 20.4 Å². The summed E-state index contributed by atoms with van der Waals surface area (Å²) in [6, 6.07) is 0.514. The van der Waals surface area contributed by atoms with Gasteiger partial charge in [-0.25, -0.2) is 0 Å². The van der Waals surface area contributed by atoms with Crippen LogP contribution in [0.15, 0.2) is 0 Å². The lowest BCUT2D eigenvalue weighted by atomic mass is 9.96. The maximum atomic E-state index is 12.4. The van der Waals surface area contributed by atoms with Crippen molar-refractivity contribution < 1.29 is 9.53 Å². The van der Waals surface area contributed by atoms with Gasteiger partial charge in [-0.1, -0.05) is 0 Å². The molecule has 3 fully saturated rings. The molecular weight excluding hydrogens is 268 g/mol. The quantitative estimate of drug-likeness (QED) is 0.708. The lowest BCUT2D eigenvalue weighted by Gasteiger charge is -2.38. The molecule has 6 heteroatoms. The maximum absolute atomic E-state index is 12.4. The fourth-order valence-corrected chi connectivity index (χ4v) is 3.58. The summed E-state index contributed by atoms with van der Waals surface area (Å²) in [6.07, 6.45) is 1.91. The Morgan fingerprint density at radius 2 is 1.86 bits per heavy atom. The van der Waals surface area contributed by atoms with E-state index in [4.69, 9.17) is 4.74 Å². The zero-order valence-electron chi connectivity index (χ0n) is 13.0. The summed E-state index contributed by atoms with van der Waals surface area (Å²) in [5, 5.41) is 6.57. The van der Waals surface area contributed by atoms with Crippen LogP contribution in [0.1, 0.15) is 12.8 Å². The van der Waals surface area contributed by atoms with Crippen molar-refractivity contribution in [3.63, 3.8) is 0 Å². The molecule has 120 valence electrons. The van der Waals surface area contributed by atoms with Gasteiger partial charge in [-0.3, -0.25) is 9.69 Å². The molecule has 0 aromatic carbocycles. The molecule has 2 atom stereocenters. The highest BCUT2D eigenvalue weighted by atomic mass is 16.5. The van der Waals surface area contributed by atoms with E-state index in [-0.39, 0.29) is 17.9 Å². The molecule has 0 bridgehead atoms. The monoisotopic (exact) mass is 296 g/mol. The standard InChI is InChI=1S/C15H28N4O2/c1-18-6-8-19(9-7-18)14-11-21-10-13(14)17-15(20)12-2-4-16-5-3-12/h12-14,16H,2-11H2,1H3,(H,17,20)/t13-,14-/m0/s1. The second kappa shape index (κ2) is 7.05. The van der Waals surface area contributed by atoms with Gasteiger partial charge in [0.05, 0.1) is 25.3 Å². The van der Waals surface area contributed by atoms with Crippen molar-refractivity contribution in [2.75, 3.05) is 59.5 Å². The number of likely N-dealkylation sites (N-methyl/N-ethyl adjacent to an activating group) is 1. The zero-order valence-corrected chi connectivity index (χ0v) is 13.0. The van der Waals surface area contributed by atoms with Crippen LogP contribution in [0.2, 0.25) is 0 Å². The number of nitrogens with zero attached hydrogens (tertiary/aromatic N) is 2. The number of nitrogens with one attached hydrogen (secondary N) is 2. The summed E-state index contributed by atoms with van der Waals surface area (Å²) < 4.78 is 5.66. The van der Waals surface area contributed by atoms with Gasteiger partial charge in [-0.15, -0.1) is 0 Å². The van der Waals surface area contributed by atoms with Crippen molar-refractivity contribution in [3.05, 3.63) is 0 Å². The SMILES string of the molecule is CN1CCN([C@H]2COC[C@@H]2NC(=O)C2CCNCC2)CC1. The van der Waals surface area contributed by atoms with Crippen LogP contribution in [0.5, 0.6) is 0 Å². The van der Waals surface area contributed by atoms with Crippen molar-refractivity contribution in [3.8, 4) is 0 Å². The van der Waals surface area contributed by atoms with E-state index in [0.29, 0.717) is 12.6 Å². The number of hydrogen-bond donors (Lipinski definition) is 2. The summed E-state index contributed by atoms with van der Waals surface area (Å²) in [6.45, 7) is 7.68. The van der Waals surface area contributed by atoms with E-state index >= 15 is 0 Å². The average Bonchev–Trinajstić information content (AvgIpc) is 2.97. The molecule has 0 aromatic rings. The van der Waals surface area contributed by atoms with Gasteiger partial charge in [0.15, 0.2) is 0 Å². The third-order valence-corrected chi connectivity index (χ3v) is 5.09. The molecule has 0 spiro atoms. The van der Waals surface area contributed by atoms with Crippen LogP contribution in [-0.2, 0) is 9.53 Å². The molecule has 0 unspecified atom stereocenters. The minimum atomic E-state index is 0.163. The number of amides is 1. The number of piperazine rings is 1. The van der Waals surface area contributed by atoms with Crippen LogP contribution in [0.25, 0.3) is 0 Å². The predicted octanol–water partition coefficient (Wildman–Crippen LogP) is -0.883. The number of carbonyl (C=O) groups is 1. The van der Waals surface area contributed by atoms with Crippen LogP contribution < -0.4 is 10.6 Å². The van der Waals surface area contributed by atoms with Crippen LogP contribution in [0.4, 0.5) is 0 Å². The second-order valence-electron chi connectivity index (χ2n) is 6.58. The van der Waals surface area contributed by atoms with Crippen molar-refractivity contribution >= 4 is 5.91 Å². The molecule has 3 aliphatic rings. The number of ether oxygens (including phenoxy) is 1. The minimum absolute atomic E-state index is 0.163. The second-order valence-corrected chi connectivity index (χ2v) is 6.58. The normalized spacial score (nSPS) is 33.2. The molecule has 2 N–H and O–H groups in total. The number of carbonyl (C=O) groups excluding carboxylic acids is 1. The lowest BCUT2D eigenvalue weighted by Crippen LogP contribution is -2.57. The Labute approximate surface area is 127 Å². The molecular formula is C15H28N4O2. The van der Waals surface area contributed by atoms with Crippen LogP contribution >= 0.6 is 0 Å². The summed E-state index contributed by atoms with van der Waals surface area (Å²) in [5.41, 5.74) is 0. The predicted molar refractivity (Wildman–Crippen MR) is 81.2 cm³/mol. The first-order chi connectivity index (χ1) is 10.2. The molecule has 0 radical (unpaired) electrons. The molecule has 3 aliphatic heterocycles. The summed E-state index contributed by atoms with van der Waals surface area (Å²) >= 11 is 0. The fourth-order valence-electron chi connectivity index (χ4n) is 3.58. The fraction of sp³-hybridized carbons (Fsp3) is 0.933. The number of rotatable bonds is 3. The minimum Gasteiger partial charge on any atom is -0.378 e. The molecule has 0 aromatic heterocycles. The smallest absolute Gasteiger partial charge is 0.223 e. The Kier molecular flexibility index (Phi) is 5.11. The Balaban J connectivity index is 1.52. The Morgan fingerprint density at radius 3 is 2.57 bits per heavy atom. The van der Waals surface area contributed by atoms with E-state index in [0.717, 1.165) is 58.7 Å². The summed E-state index contributed by atoms with van der Waals surface area (Å²) in [5.74, 6) is 0.408. The highest BCUT2D eigenvalue weighted by molar-refractivity contribution is 5.79. The van der Waals surface area contributed by atoms with Gasteiger partial charge in [0.25, 0.3) is 0 Å². The first kappa shape index (κ1) is 15.2. The molecule has 0 saturated carbocycles.